The Morgan fingerprint density at radius 2 is 2.50 bits per heavy atom. The lowest BCUT2D eigenvalue weighted by Gasteiger charge is -2.15. The van der Waals surface area contributed by atoms with Crippen LogP contribution in [0.3, 0.4) is 0 Å². The Morgan fingerprint density at radius 3 is 3.07 bits per heavy atom. The Kier molecular flexibility index (Phi) is 4.48. The van der Waals surface area contributed by atoms with Gasteiger partial charge in [-0.2, -0.15) is 0 Å². The number of methoxy groups -OCH3 is 1. The van der Waals surface area contributed by atoms with Crippen molar-refractivity contribution in [3.8, 4) is 0 Å². The van der Waals surface area contributed by atoms with Gasteiger partial charge in [-0.3, -0.25) is 0 Å². The Balaban J connectivity index is 2.74. The number of hydrogen-bond donors (Lipinski definition) is 1. The molecule has 1 aromatic heterocycles. The first-order chi connectivity index (χ1) is 6.83. The zero-order valence-corrected chi connectivity index (χ0v) is 8.40. The van der Waals surface area contributed by atoms with Crippen molar-refractivity contribution < 1.29 is 9.13 Å². The van der Waals surface area contributed by atoms with Crippen molar-refractivity contribution >= 4 is 0 Å². The van der Waals surface area contributed by atoms with Gasteiger partial charge in [-0.05, 0) is 7.05 Å². The molecule has 0 amide bonds. The minimum absolute atomic E-state index is 0.00144. The molecule has 14 heavy (non-hydrogen) atoms. The molecule has 1 atom stereocenters. The molecular formula is C8H15FN4O. The van der Waals surface area contributed by atoms with E-state index in [0.29, 0.717) is 6.61 Å². The summed E-state index contributed by atoms with van der Waals surface area (Å²) < 4.78 is 18.7. The highest BCUT2D eigenvalue weighted by atomic mass is 19.1. The van der Waals surface area contributed by atoms with E-state index in [-0.39, 0.29) is 12.6 Å². The third-order valence-corrected chi connectivity index (χ3v) is 1.98. The molecule has 0 spiro atoms. The van der Waals surface area contributed by atoms with E-state index in [1.165, 1.54) is 0 Å². The van der Waals surface area contributed by atoms with Crippen LogP contribution in [0, 0.1) is 0 Å². The highest BCUT2D eigenvalue weighted by Gasteiger charge is 2.14. The Hall–Kier alpha value is -1.01. The summed E-state index contributed by atoms with van der Waals surface area (Å²) in [7, 11) is 3.43. The van der Waals surface area contributed by atoms with Crippen LogP contribution in [0.2, 0.25) is 0 Å². The topological polar surface area (TPSA) is 52.0 Å². The molecule has 0 saturated carbocycles. The fourth-order valence-corrected chi connectivity index (χ4v) is 1.27. The molecule has 0 aliphatic carbocycles. The summed E-state index contributed by atoms with van der Waals surface area (Å²) in [6.07, 6.45) is 1.62. The van der Waals surface area contributed by atoms with E-state index in [9.17, 15) is 4.39 Å². The van der Waals surface area contributed by atoms with Crippen LogP contribution in [-0.4, -0.2) is 42.4 Å². The third kappa shape index (κ3) is 2.49. The van der Waals surface area contributed by atoms with E-state index >= 15 is 0 Å². The van der Waals surface area contributed by atoms with E-state index in [2.05, 4.69) is 15.6 Å². The van der Waals surface area contributed by atoms with Gasteiger partial charge in [0, 0.05) is 7.11 Å². The van der Waals surface area contributed by atoms with Crippen molar-refractivity contribution in [2.24, 2.45) is 0 Å². The number of likely N-dealkylation sites (N-methyl/N-ethyl adjacent to an activating group) is 1. The van der Waals surface area contributed by atoms with Crippen LogP contribution < -0.4 is 5.32 Å². The second-order valence-electron chi connectivity index (χ2n) is 2.87. The van der Waals surface area contributed by atoms with Gasteiger partial charge in [-0.1, -0.05) is 5.21 Å². The lowest BCUT2D eigenvalue weighted by Crippen LogP contribution is -2.24. The molecule has 1 rings (SSSR count). The first-order valence-corrected chi connectivity index (χ1v) is 4.44. The first-order valence-electron chi connectivity index (χ1n) is 4.44. The summed E-state index contributed by atoms with van der Waals surface area (Å²) in [5.41, 5.74) is 0.840. The predicted molar refractivity (Wildman–Crippen MR) is 49.7 cm³/mol. The van der Waals surface area contributed by atoms with Gasteiger partial charge in [0.2, 0.25) is 0 Å². The minimum Gasteiger partial charge on any atom is -0.383 e. The average Bonchev–Trinajstić information content (AvgIpc) is 2.63. The SMILES string of the molecule is CNC(COC)c1cnnn1CCF. The van der Waals surface area contributed by atoms with Crippen molar-refractivity contribution in [2.45, 2.75) is 12.6 Å². The zero-order chi connectivity index (χ0) is 10.4. The van der Waals surface area contributed by atoms with Crippen molar-refractivity contribution in [3.05, 3.63) is 11.9 Å². The highest BCUT2D eigenvalue weighted by molar-refractivity contribution is 5.02. The maximum absolute atomic E-state index is 12.1. The Labute approximate surface area is 82.2 Å². The molecule has 0 aliphatic rings. The normalized spacial score (nSPS) is 13.1. The van der Waals surface area contributed by atoms with Gasteiger partial charge >= 0.3 is 0 Å². The molecule has 0 fully saturated rings. The summed E-state index contributed by atoms with van der Waals surface area (Å²) in [6.45, 7) is 0.299. The fraction of sp³-hybridized carbons (Fsp3) is 0.750. The number of nitrogens with one attached hydrogen (secondary N) is 1. The molecule has 5 nitrogen and oxygen atoms in total. The number of hydrogen-bond acceptors (Lipinski definition) is 4. The summed E-state index contributed by atoms with van der Waals surface area (Å²) in [4.78, 5) is 0. The maximum atomic E-state index is 12.1. The van der Waals surface area contributed by atoms with E-state index in [1.54, 1.807) is 18.0 Å². The predicted octanol–water partition coefficient (Wildman–Crippen LogP) is 0.154. The standard InChI is InChI=1S/C8H15FN4O/c1-10-7(6-14-2)8-5-11-12-13(8)4-3-9/h5,7,10H,3-4,6H2,1-2H3. The van der Waals surface area contributed by atoms with E-state index in [0.717, 1.165) is 5.69 Å². The molecular weight excluding hydrogens is 187 g/mol. The molecule has 1 unspecified atom stereocenters. The molecule has 1 N–H and O–H groups in total. The molecule has 1 heterocycles. The van der Waals surface area contributed by atoms with Gasteiger partial charge in [0.25, 0.3) is 0 Å². The second-order valence-corrected chi connectivity index (χ2v) is 2.87. The van der Waals surface area contributed by atoms with Crippen LogP contribution in [0.4, 0.5) is 4.39 Å². The van der Waals surface area contributed by atoms with E-state index in [4.69, 9.17) is 4.74 Å². The van der Waals surface area contributed by atoms with Crippen molar-refractivity contribution in [2.75, 3.05) is 27.4 Å². The lowest BCUT2D eigenvalue weighted by molar-refractivity contribution is 0.166. The van der Waals surface area contributed by atoms with Crippen LogP contribution in [0.5, 0.6) is 0 Å². The van der Waals surface area contributed by atoms with Crippen molar-refractivity contribution in [1.29, 1.82) is 0 Å². The maximum Gasteiger partial charge on any atom is 0.109 e. The van der Waals surface area contributed by atoms with Gasteiger partial charge in [0.05, 0.1) is 31.1 Å². The Morgan fingerprint density at radius 1 is 1.71 bits per heavy atom. The van der Waals surface area contributed by atoms with Gasteiger partial charge in [-0.25, -0.2) is 9.07 Å². The fourth-order valence-electron chi connectivity index (χ4n) is 1.27. The lowest BCUT2D eigenvalue weighted by atomic mass is 10.2. The zero-order valence-electron chi connectivity index (χ0n) is 8.40. The summed E-state index contributed by atoms with van der Waals surface area (Å²) in [5, 5.41) is 10.6. The monoisotopic (exact) mass is 202 g/mol. The van der Waals surface area contributed by atoms with Crippen LogP contribution in [0.1, 0.15) is 11.7 Å². The largest absolute Gasteiger partial charge is 0.383 e. The molecule has 0 radical (unpaired) electrons. The van der Waals surface area contributed by atoms with Crippen LogP contribution in [0.15, 0.2) is 6.20 Å². The van der Waals surface area contributed by atoms with Gasteiger partial charge in [-0.15, -0.1) is 5.10 Å². The number of aromatic nitrogens is 3. The molecule has 0 aliphatic heterocycles. The summed E-state index contributed by atoms with van der Waals surface area (Å²) in [6, 6.07) is 0.00144. The summed E-state index contributed by atoms with van der Waals surface area (Å²) >= 11 is 0. The Bertz CT molecular complexity index is 266. The average molecular weight is 202 g/mol. The first kappa shape index (κ1) is 11.1. The van der Waals surface area contributed by atoms with Gasteiger partial charge in [0.15, 0.2) is 0 Å². The number of aryl methyl sites for hydroxylation is 1. The molecule has 0 saturated heterocycles. The molecule has 80 valence electrons. The third-order valence-electron chi connectivity index (χ3n) is 1.98. The smallest absolute Gasteiger partial charge is 0.109 e. The van der Waals surface area contributed by atoms with E-state index < -0.39 is 6.67 Å². The molecule has 6 heteroatoms. The molecule has 1 aromatic rings. The number of ether oxygens (including phenoxy) is 1. The van der Waals surface area contributed by atoms with Crippen molar-refractivity contribution in [3.63, 3.8) is 0 Å². The van der Waals surface area contributed by atoms with Crippen LogP contribution >= 0.6 is 0 Å². The van der Waals surface area contributed by atoms with E-state index in [1.807, 2.05) is 7.05 Å². The number of halogens is 1. The van der Waals surface area contributed by atoms with Gasteiger partial charge in [0.1, 0.15) is 6.67 Å². The number of alkyl halides is 1. The van der Waals surface area contributed by atoms with Gasteiger partial charge < -0.3 is 10.1 Å². The second kappa shape index (κ2) is 5.66. The quantitative estimate of drug-likeness (QED) is 0.713. The molecule has 0 bridgehead atoms. The number of nitrogens with zero attached hydrogens (tertiary/aromatic N) is 3. The highest BCUT2D eigenvalue weighted by Crippen LogP contribution is 2.10. The van der Waals surface area contributed by atoms with Crippen LogP contribution in [0.25, 0.3) is 0 Å². The number of rotatable bonds is 6. The summed E-state index contributed by atoms with van der Waals surface area (Å²) in [5.74, 6) is 0. The van der Waals surface area contributed by atoms with Crippen molar-refractivity contribution in [1.82, 2.24) is 20.3 Å². The van der Waals surface area contributed by atoms with Crippen LogP contribution in [-0.2, 0) is 11.3 Å². The minimum atomic E-state index is -0.445. The molecule has 0 aromatic carbocycles.